The van der Waals surface area contributed by atoms with E-state index in [9.17, 15) is 14.0 Å². The van der Waals surface area contributed by atoms with E-state index >= 15 is 0 Å². The van der Waals surface area contributed by atoms with Crippen molar-refractivity contribution in [2.24, 2.45) is 0 Å². The summed E-state index contributed by atoms with van der Waals surface area (Å²) in [4.78, 5) is 28.1. The number of benzene rings is 1. The molecular formula is C19H25FN2O4. The molecule has 2 heterocycles. The Morgan fingerprint density at radius 1 is 1.12 bits per heavy atom. The molecule has 0 aromatic heterocycles. The third-order valence-corrected chi connectivity index (χ3v) is 4.80. The van der Waals surface area contributed by atoms with Gasteiger partial charge in [-0.3, -0.25) is 9.59 Å². The maximum Gasteiger partial charge on any atom is 0.253 e. The maximum absolute atomic E-state index is 13.0. The molecule has 3 rings (SSSR count). The standard InChI is InChI=1S/C19H25FN2O4/c20-16-5-3-15(4-6-16)19(24)22-10-8-21(9-11-22)18(23)7-13-25-14-17-2-1-12-26-17/h3-6,17H,1-2,7-14H2. The van der Waals surface area contributed by atoms with Crippen molar-refractivity contribution in [2.45, 2.75) is 25.4 Å². The number of carbonyl (C=O) groups excluding carboxylic acids is 2. The molecule has 2 saturated heterocycles. The Labute approximate surface area is 152 Å². The summed E-state index contributed by atoms with van der Waals surface area (Å²) < 4.78 is 24.0. The number of nitrogens with zero attached hydrogens (tertiary/aromatic N) is 2. The zero-order chi connectivity index (χ0) is 18.4. The van der Waals surface area contributed by atoms with Crippen LogP contribution in [0.25, 0.3) is 0 Å². The number of hydrogen-bond acceptors (Lipinski definition) is 4. The number of piperazine rings is 1. The maximum atomic E-state index is 13.0. The Bertz CT molecular complexity index is 608. The van der Waals surface area contributed by atoms with E-state index in [1.807, 2.05) is 0 Å². The zero-order valence-electron chi connectivity index (χ0n) is 14.9. The highest BCUT2D eigenvalue weighted by Crippen LogP contribution is 2.13. The molecule has 26 heavy (non-hydrogen) atoms. The number of rotatable bonds is 6. The lowest BCUT2D eigenvalue weighted by molar-refractivity contribution is -0.134. The smallest absolute Gasteiger partial charge is 0.253 e. The molecule has 0 N–H and O–H groups in total. The summed E-state index contributed by atoms with van der Waals surface area (Å²) in [5, 5.41) is 0. The first-order valence-corrected chi connectivity index (χ1v) is 9.15. The topological polar surface area (TPSA) is 59.1 Å². The van der Waals surface area contributed by atoms with Gasteiger partial charge in [0, 0.05) is 38.3 Å². The van der Waals surface area contributed by atoms with Gasteiger partial charge in [0.1, 0.15) is 5.82 Å². The molecule has 2 aliphatic rings. The van der Waals surface area contributed by atoms with Gasteiger partial charge in [-0.1, -0.05) is 0 Å². The number of hydrogen-bond donors (Lipinski definition) is 0. The first-order valence-electron chi connectivity index (χ1n) is 9.15. The molecule has 0 saturated carbocycles. The van der Waals surface area contributed by atoms with Crippen LogP contribution in [0.5, 0.6) is 0 Å². The Hall–Kier alpha value is -1.99. The monoisotopic (exact) mass is 364 g/mol. The minimum absolute atomic E-state index is 0.0474. The number of carbonyl (C=O) groups is 2. The molecule has 1 atom stereocenters. The van der Waals surface area contributed by atoms with E-state index in [4.69, 9.17) is 9.47 Å². The quantitative estimate of drug-likeness (QED) is 0.721. The molecule has 0 aliphatic carbocycles. The molecule has 2 fully saturated rings. The largest absolute Gasteiger partial charge is 0.378 e. The van der Waals surface area contributed by atoms with Crippen molar-refractivity contribution in [1.82, 2.24) is 9.80 Å². The molecule has 2 amide bonds. The van der Waals surface area contributed by atoms with Crippen LogP contribution in [0.4, 0.5) is 4.39 Å². The molecule has 142 valence electrons. The van der Waals surface area contributed by atoms with Gasteiger partial charge < -0.3 is 19.3 Å². The van der Waals surface area contributed by atoms with Gasteiger partial charge in [-0.05, 0) is 37.1 Å². The van der Waals surface area contributed by atoms with Crippen LogP contribution >= 0.6 is 0 Å². The fourth-order valence-corrected chi connectivity index (χ4v) is 3.24. The van der Waals surface area contributed by atoms with Gasteiger partial charge in [-0.15, -0.1) is 0 Å². The van der Waals surface area contributed by atoms with Gasteiger partial charge in [0.2, 0.25) is 5.91 Å². The average molecular weight is 364 g/mol. The van der Waals surface area contributed by atoms with Crippen LogP contribution in [0.2, 0.25) is 0 Å². The lowest BCUT2D eigenvalue weighted by Crippen LogP contribution is -2.50. The summed E-state index contributed by atoms with van der Waals surface area (Å²) in [7, 11) is 0. The fourth-order valence-electron chi connectivity index (χ4n) is 3.24. The fraction of sp³-hybridized carbons (Fsp3) is 0.579. The molecule has 1 unspecified atom stereocenters. The molecule has 1 aromatic rings. The van der Waals surface area contributed by atoms with E-state index in [0.29, 0.717) is 51.4 Å². The average Bonchev–Trinajstić information content (AvgIpc) is 3.19. The van der Waals surface area contributed by atoms with E-state index in [0.717, 1.165) is 19.4 Å². The first-order chi connectivity index (χ1) is 12.6. The second-order valence-electron chi connectivity index (χ2n) is 6.64. The highest BCUT2D eigenvalue weighted by atomic mass is 19.1. The highest BCUT2D eigenvalue weighted by molar-refractivity contribution is 5.94. The lowest BCUT2D eigenvalue weighted by atomic mass is 10.1. The van der Waals surface area contributed by atoms with Crippen LogP contribution in [0.1, 0.15) is 29.6 Å². The molecule has 1 aromatic carbocycles. The van der Waals surface area contributed by atoms with E-state index in [1.54, 1.807) is 9.80 Å². The van der Waals surface area contributed by atoms with Crippen molar-refractivity contribution in [1.29, 1.82) is 0 Å². The number of amides is 2. The minimum atomic E-state index is -0.362. The SMILES string of the molecule is O=C(CCOCC1CCCO1)N1CCN(C(=O)c2ccc(F)cc2)CC1. The van der Waals surface area contributed by atoms with Gasteiger partial charge in [0.05, 0.1) is 25.7 Å². The van der Waals surface area contributed by atoms with E-state index in [-0.39, 0.29) is 23.7 Å². The van der Waals surface area contributed by atoms with Gasteiger partial charge in [-0.25, -0.2) is 4.39 Å². The number of ether oxygens (including phenoxy) is 2. The molecule has 2 aliphatic heterocycles. The summed E-state index contributed by atoms with van der Waals surface area (Å²) in [6.45, 7) is 3.74. The Morgan fingerprint density at radius 2 is 1.81 bits per heavy atom. The predicted molar refractivity (Wildman–Crippen MR) is 93.3 cm³/mol. The molecule has 0 radical (unpaired) electrons. The van der Waals surface area contributed by atoms with Crippen molar-refractivity contribution in [3.63, 3.8) is 0 Å². The third kappa shape index (κ3) is 5.02. The lowest BCUT2D eigenvalue weighted by Gasteiger charge is -2.35. The van der Waals surface area contributed by atoms with Gasteiger partial charge in [-0.2, -0.15) is 0 Å². The van der Waals surface area contributed by atoms with Crippen LogP contribution in [-0.2, 0) is 14.3 Å². The van der Waals surface area contributed by atoms with Crippen LogP contribution in [0.3, 0.4) is 0 Å². The van der Waals surface area contributed by atoms with Crippen LogP contribution in [0.15, 0.2) is 24.3 Å². The van der Waals surface area contributed by atoms with Gasteiger partial charge in [0.15, 0.2) is 0 Å². The summed E-state index contributed by atoms with van der Waals surface area (Å²) in [5.74, 6) is -0.443. The van der Waals surface area contributed by atoms with Crippen LogP contribution in [0, 0.1) is 5.82 Å². The number of halogens is 1. The van der Waals surface area contributed by atoms with Gasteiger partial charge in [0.25, 0.3) is 5.91 Å². The molecule has 7 heteroatoms. The van der Waals surface area contributed by atoms with Gasteiger partial charge >= 0.3 is 0 Å². The normalized spacial score (nSPS) is 20.4. The van der Waals surface area contributed by atoms with Crippen LogP contribution in [-0.4, -0.2) is 73.7 Å². The minimum Gasteiger partial charge on any atom is -0.378 e. The molecule has 6 nitrogen and oxygen atoms in total. The summed E-state index contributed by atoms with van der Waals surface area (Å²) in [5.41, 5.74) is 0.466. The Morgan fingerprint density at radius 3 is 2.46 bits per heavy atom. The highest BCUT2D eigenvalue weighted by Gasteiger charge is 2.24. The second kappa shape index (κ2) is 9.09. The van der Waals surface area contributed by atoms with E-state index in [2.05, 4.69) is 0 Å². The van der Waals surface area contributed by atoms with Crippen LogP contribution < -0.4 is 0 Å². The van der Waals surface area contributed by atoms with E-state index < -0.39 is 0 Å². The third-order valence-electron chi connectivity index (χ3n) is 4.80. The summed E-state index contributed by atoms with van der Waals surface area (Å²) in [6, 6.07) is 5.54. The molecular weight excluding hydrogens is 339 g/mol. The predicted octanol–water partition coefficient (Wildman–Crippen LogP) is 1.70. The van der Waals surface area contributed by atoms with Crippen molar-refractivity contribution >= 4 is 11.8 Å². The molecule has 0 spiro atoms. The van der Waals surface area contributed by atoms with E-state index in [1.165, 1.54) is 24.3 Å². The van der Waals surface area contributed by atoms with Crippen molar-refractivity contribution in [2.75, 3.05) is 46.0 Å². The van der Waals surface area contributed by atoms with Crippen molar-refractivity contribution in [3.05, 3.63) is 35.6 Å². The van der Waals surface area contributed by atoms with Crippen molar-refractivity contribution < 1.29 is 23.5 Å². The Balaban J connectivity index is 1.36. The Kier molecular flexibility index (Phi) is 6.57. The first kappa shape index (κ1) is 18.8. The summed E-state index contributed by atoms with van der Waals surface area (Å²) in [6.07, 6.45) is 2.62. The second-order valence-corrected chi connectivity index (χ2v) is 6.64. The molecule has 0 bridgehead atoms. The van der Waals surface area contributed by atoms with Crippen molar-refractivity contribution in [3.8, 4) is 0 Å². The summed E-state index contributed by atoms with van der Waals surface area (Å²) >= 11 is 0. The zero-order valence-corrected chi connectivity index (χ0v) is 14.9.